The van der Waals surface area contributed by atoms with E-state index >= 15 is 0 Å². The first-order chi connectivity index (χ1) is 7.09. The number of rotatable bonds is 6. The molecule has 0 aliphatic rings. The van der Waals surface area contributed by atoms with Gasteiger partial charge in [-0.2, -0.15) is 5.48 Å². The molecule has 1 aromatic rings. The molecule has 1 heterocycles. The van der Waals surface area contributed by atoms with Crippen molar-refractivity contribution in [3.63, 3.8) is 0 Å². The highest BCUT2D eigenvalue weighted by Crippen LogP contribution is 2.07. The van der Waals surface area contributed by atoms with Crippen LogP contribution in [0, 0.1) is 5.92 Å². The minimum atomic E-state index is -0.993. The Morgan fingerprint density at radius 3 is 2.93 bits per heavy atom. The van der Waals surface area contributed by atoms with Crippen LogP contribution in [-0.2, 0) is 11.4 Å². The van der Waals surface area contributed by atoms with Crippen molar-refractivity contribution in [1.29, 1.82) is 0 Å². The number of carbonyl (C=O) groups is 1. The molecule has 0 aliphatic heterocycles. The molecule has 1 rings (SSSR count). The Labute approximate surface area is 88.0 Å². The summed E-state index contributed by atoms with van der Waals surface area (Å²) in [4.78, 5) is 15.6. The monoisotopic (exact) mass is 213 g/mol. The Hall–Kier alpha value is -1.33. The third-order valence-electron chi connectivity index (χ3n) is 1.67. The molecule has 0 aromatic carbocycles. The lowest BCUT2D eigenvalue weighted by molar-refractivity contribution is 0.0165. The Bertz CT molecular complexity index is 319. The summed E-state index contributed by atoms with van der Waals surface area (Å²) in [5, 5.41) is 8.63. The molecule has 2 N–H and O–H groups in total. The van der Waals surface area contributed by atoms with E-state index in [1.54, 1.807) is 0 Å². The second kappa shape index (κ2) is 5.53. The molecule has 5 heteroatoms. The van der Waals surface area contributed by atoms with Gasteiger partial charge in [-0.25, -0.2) is 4.79 Å². The average Bonchev–Trinajstić information content (AvgIpc) is 2.60. The highest BCUT2D eigenvalue weighted by Gasteiger charge is 2.07. The summed E-state index contributed by atoms with van der Waals surface area (Å²) in [6.07, 6.45) is 1.21. The number of hydroxylamine groups is 1. The Balaban J connectivity index is 2.29. The SMILES string of the molecule is CC(C)CONCc1cc(C(=O)O)co1. The molecular formula is C10H15NO4. The highest BCUT2D eigenvalue weighted by atomic mass is 16.6. The molecule has 0 saturated heterocycles. The zero-order chi connectivity index (χ0) is 11.3. The number of carboxylic acids is 1. The lowest BCUT2D eigenvalue weighted by atomic mass is 10.2. The minimum Gasteiger partial charge on any atom is -0.478 e. The highest BCUT2D eigenvalue weighted by molar-refractivity contribution is 5.87. The van der Waals surface area contributed by atoms with Crippen LogP contribution in [0.5, 0.6) is 0 Å². The summed E-state index contributed by atoms with van der Waals surface area (Å²) in [5.74, 6) is -0.00654. The van der Waals surface area contributed by atoms with Crippen LogP contribution in [0.1, 0.15) is 30.0 Å². The molecule has 0 atom stereocenters. The van der Waals surface area contributed by atoms with E-state index in [0.29, 0.717) is 24.8 Å². The molecule has 0 amide bonds. The van der Waals surface area contributed by atoms with Gasteiger partial charge in [-0.3, -0.25) is 0 Å². The summed E-state index contributed by atoms with van der Waals surface area (Å²) in [6, 6.07) is 1.47. The van der Waals surface area contributed by atoms with Gasteiger partial charge in [0.15, 0.2) is 0 Å². The molecule has 1 aromatic heterocycles. The van der Waals surface area contributed by atoms with E-state index < -0.39 is 5.97 Å². The summed E-state index contributed by atoms with van der Waals surface area (Å²) < 4.78 is 5.01. The molecule has 0 unspecified atom stereocenters. The quantitative estimate of drug-likeness (QED) is 0.555. The number of hydrogen-bond donors (Lipinski definition) is 2. The smallest absolute Gasteiger partial charge is 0.338 e. The van der Waals surface area contributed by atoms with Crippen LogP contribution in [0.3, 0.4) is 0 Å². The van der Waals surface area contributed by atoms with Crippen LogP contribution in [-0.4, -0.2) is 17.7 Å². The second-order valence-corrected chi connectivity index (χ2v) is 3.63. The lowest BCUT2D eigenvalue weighted by Crippen LogP contribution is -2.17. The molecular weight excluding hydrogens is 198 g/mol. The van der Waals surface area contributed by atoms with Gasteiger partial charge in [-0.05, 0) is 12.0 Å². The van der Waals surface area contributed by atoms with E-state index in [1.165, 1.54) is 12.3 Å². The van der Waals surface area contributed by atoms with Crippen molar-refractivity contribution >= 4 is 5.97 Å². The van der Waals surface area contributed by atoms with E-state index in [0.717, 1.165) is 0 Å². The van der Waals surface area contributed by atoms with Crippen molar-refractivity contribution in [3.05, 3.63) is 23.7 Å². The molecule has 15 heavy (non-hydrogen) atoms. The van der Waals surface area contributed by atoms with Gasteiger partial charge >= 0.3 is 5.97 Å². The predicted octanol–water partition coefficient (Wildman–Crippen LogP) is 1.66. The Morgan fingerprint density at radius 2 is 2.40 bits per heavy atom. The summed E-state index contributed by atoms with van der Waals surface area (Å²) in [7, 11) is 0. The molecule has 0 radical (unpaired) electrons. The molecule has 84 valence electrons. The largest absolute Gasteiger partial charge is 0.478 e. The third kappa shape index (κ3) is 4.14. The molecule has 0 fully saturated rings. The summed E-state index contributed by atoms with van der Waals surface area (Å²) in [6.45, 7) is 5.04. The van der Waals surface area contributed by atoms with Crippen LogP contribution >= 0.6 is 0 Å². The molecule has 0 aliphatic carbocycles. The van der Waals surface area contributed by atoms with Crippen LogP contribution in [0.4, 0.5) is 0 Å². The Kier molecular flexibility index (Phi) is 4.33. The van der Waals surface area contributed by atoms with Gasteiger partial charge in [-0.1, -0.05) is 13.8 Å². The van der Waals surface area contributed by atoms with E-state index in [4.69, 9.17) is 14.4 Å². The first-order valence-electron chi connectivity index (χ1n) is 4.75. The van der Waals surface area contributed by atoms with Crippen LogP contribution in [0.2, 0.25) is 0 Å². The maximum absolute atomic E-state index is 10.5. The first-order valence-corrected chi connectivity index (χ1v) is 4.75. The number of aromatic carboxylic acids is 1. The van der Waals surface area contributed by atoms with Crippen molar-refractivity contribution < 1.29 is 19.2 Å². The van der Waals surface area contributed by atoms with E-state index in [1.807, 2.05) is 13.8 Å². The standard InChI is InChI=1S/C10H15NO4/c1-7(2)5-15-11-4-9-3-8(6-14-9)10(12)13/h3,6-7,11H,4-5H2,1-2H3,(H,12,13). The number of carboxylic acid groups (broad SMARTS) is 1. The topological polar surface area (TPSA) is 71.7 Å². The van der Waals surface area contributed by atoms with Crippen LogP contribution in [0.25, 0.3) is 0 Å². The molecule has 0 saturated carbocycles. The van der Waals surface area contributed by atoms with Gasteiger partial charge in [0.1, 0.15) is 12.0 Å². The second-order valence-electron chi connectivity index (χ2n) is 3.63. The van der Waals surface area contributed by atoms with Crippen LogP contribution in [0.15, 0.2) is 16.7 Å². The third-order valence-corrected chi connectivity index (χ3v) is 1.67. The zero-order valence-corrected chi connectivity index (χ0v) is 8.82. The van der Waals surface area contributed by atoms with E-state index in [-0.39, 0.29) is 5.56 Å². The fourth-order valence-electron chi connectivity index (χ4n) is 0.933. The normalized spacial score (nSPS) is 10.9. The fourth-order valence-corrected chi connectivity index (χ4v) is 0.933. The maximum atomic E-state index is 10.5. The van der Waals surface area contributed by atoms with Crippen molar-refractivity contribution in [2.75, 3.05) is 6.61 Å². The number of hydrogen-bond acceptors (Lipinski definition) is 4. The molecule has 0 spiro atoms. The van der Waals surface area contributed by atoms with Gasteiger partial charge in [-0.15, -0.1) is 0 Å². The van der Waals surface area contributed by atoms with Gasteiger partial charge in [0, 0.05) is 0 Å². The Morgan fingerprint density at radius 1 is 1.67 bits per heavy atom. The van der Waals surface area contributed by atoms with Gasteiger partial charge in [0.25, 0.3) is 0 Å². The van der Waals surface area contributed by atoms with Crippen LogP contribution < -0.4 is 5.48 Å². The summed E-state index contributed by atoms with van der Waals surface area (Å²) >= 11 is 0. The number of furan rings is 1. The molecule has 5 nitrogen and oxygen atoms in total. The zero-order valence-electron chi connectivity index (χ0n) is 8.82. The fraction of sp³-hybridized carbons (Fsp3) is 0.500. The van der Waals surface area contributed by atoms with Crippen molar-refractivity contribution in [2.24, 2.45) is 5.92 Å². The van der Waals surface area contributed by atoms with Gasteiger partial charge in [0.2, 0.25) is 0 Å². The first kappa shape index (κ1) is 11.7. The van der Waals surface area contributed by atoms with Crippen molar-refractivity contribution in [2.45, 2.75) is 20.4 Å². The minimum absolute atomic E-state index is 0.149. The molecule has 0 bridgehead atoms. The maximum Gasteiger partial charge on any atom is 0.338 e. The van der Waals surface area contributed by atoms with E-state index in [9.17, 15) is 4.79 Å². The van der Waals surface area contributed by atoms with E-state index in [2.05, 4.69) is 5.48 Å². The van der Waals surface area contributed by atoms with Crippen molar-refractivity contribution in [1.82, 2.24) is 5.48 Å². The number of nitrogens with one attached hydrogen (secondary N) is 1. The predicted molar refractivity (Wildman–Crippen MR) is 53.3 cm³/mol. The van der Waals surface area contributed by atoms with Gasteiger partial charge < -0.3 is 14.4 Å². The summed E-state index contributed by atoms with van der Waals surface area (Å²) in [5.41, 5.74) is 2.85. The lowest BCUT2D eigenvalue weighted by Gasteiger charge is -2.05. The van der Waals surface area contributed by atoms with Crippen molar-refractivity contribution in [3.8, 4) is 0 Å². The van der Waals surface area contributed by atoms with Gasteiger partial charge in [0.05, 0.1) is 18.7 Å². The average molecular weight is 213 g/mol.